The summed E-state index contributed by atoms with van der Waals surface area (Å²) < 4.78 is 20.3. The molecule has 3 heterocycles. The molecule has 1 aromatic carbocycles. The summed E-state index contributed by atoms with van der Waals surface area (Å²) in [5.74, 6) is -1.10. The average Bonchev–Trinajstić information content (AvgIpc) is 3.64. The highest BCUT2D eigenvalue weighted by atomic mass is 16.6. The van der Waals surface area contributed by atoms with Gasteiger partial charge in [-0.3, -0.25) is 14.4 Å². The van der Waals surface area contributed by atoms with Crippen LogP contribution in [-0.2, 0) is 25.5 Å². The molecule has 0 radical (unpaired) electrons. The van der Waals surface area contributed by atoms with Crippen molar-refractivity contribution < 1.29 is 28.9 Å². The van der Waals surface area contributed by atoms with Gasteiger partial charge in [-0.1, -0.05) is 45.0 Å². The first kappa shape index (κ1) is 37.8. The van der Waals surface area contributed by atoms with E-state index in [1.807, 2.05) is 59.1 Å². The molecule has 2 aliphatic heterocycles. The Balaban J connectivity index is 1.54. The van der Waals surface area contributed by atoms with Crippen molar-refractivity contribution >= 4 is 25.4 Å². The molecule has 266 valence electrons. The number of Topliss-reactive ketones (excluding diaryl/α,β-unsaturated/α-hetero) is 1. The normalized spacial score (nSPS) is 35.5. The van der Waals surface area contributed by atoms with Crippen molar-refractivity contribution in [3.8, 4) is 11.3 Å². The second kappa shape index (κ2) is 15.7. The van der Waals surface area contributed by atoms with Crippen molar-refractivity contribution in [2.75, 3.05) is 25.9 Å². The summed E-state index contributed by atoms with van der Waals surface area (Å²) in [6.07, 6.45) is 2.18. The van der Waals surface area contributed by atoms with Crippen molar-refractivity contribution in [3.05, 3.63) is 30.5 Å². The third-order valence-electron chi connectivity index (χ3n) is 11.1. The minimum absolute atomic E-state index is 0.0821. The topological polar surface area (TPSA) is 154 Å². The van der Waals surface area contributed by atoms with E-state index in [1.165, 1.54) is 0 Å². The molecule has 0 bridgehead atoms. The summed E-state index contributed by atoms with van der Waals surface area (Å²) in [5.41, 5.74) is 6.64. The fraction of sp³-hybridized carbons (Fsp3) is 0.714. The maximum absolute atomic E-state index is 13.7. The number of aromatic nitrogens is 3. The van der Waals surface area contributed by atoms with E-state index in [1.54, 1.807) is 23.6 Å². The van der Waals surface area contributed by atoms with Crippen LogP contribution in [0.15, 0.2) is 30.5 Å². The number of hydrogen-bond acceptors (Lipinski definition) is 10. The average molecular weight is 669 g/mol. The number of amides is 1. The van der Waals surface area contributed by atoms with Gasteiger partial charge in [-0.05, 0) is 76.9 Å². The number of carbonyl (C=O) groups excluding carboxylic acids is 2. The third kappa shape index (κ3) is 8.06. The molecule has 12 nitrogen and oxygen atoms in total. The molecule has 0 spiro atoms. The number of nitrogen functional groups attached to an aromatic ring is 1. The molecule has 2 aliphatic rings. The Bertz CT molecular complexity index is 1390. The van der Waals surface area contributed by atoms with Gasteiger partial charge < -0.3 is 30.4 Å². The van der Waals surface area contributed by atoms with Crippen LogP contribution in [0.5, 0.6) is 0 Å². The zero-order valence-electron chi connectivity index (χ0n) is 30.3. The Hall–Kier alpha value is -3.00. The quantitative estimate of drug-likeness (QED) is 0.216. The molecule has 48 heavy (non-hydrogen) atoms. The highest BCUT2D eigenvalue weighted by Gasteiger charge is 2.58. The second-order valence-electron chi connectivity index (χ2n) is 14.6. The molecule has 2 fully saturated rings. The molecule has 1 unspecified atom stereocenters. The summed E-state index contributed by atoms with van der Waals surface area (Å²) in [7, 11) is 3.75. The second-order valence-corrected chi connectivity index (χ2v) is 14.6. The lowest BCUT2D eigenvalue weighted by atomic mass is 9.62. The molecule has 2 saturated heterocycles. The Morgan fingerprint density at radius 1 is 1.15 bits per heavy atom. The number of aliphatic hydroxyl groups excluding tert-OH is 1. The van der Waals surface area contributed by atoms with E-state index in [0.29, 0.717) is 38.2 Å². The van der Waals surface area contributed by atoms with Gasteiger partial charge in [0.25, 0.3) is 0 Å². The largest absolute Gasteiger partial charge is 0.438 e. The van der Waals surface area contributed by atoms with Gasteiger partial charge in [-0.25, -0.2) is 4.79 Å². The summed E-state index contributed by atoms with van der Waals surface area (Å²) in [5, 5.41) is 23.6. The van der Waals surface area contributed by atoms with Crippen LogP contribution in [0.25, 0.3) is 11.3 Å². The molecule has 0 saturated carbocycles. The third-order valence-corrected chi connectivity index (χ3v) is 11.1. The monoisotopic (exact) mass is 668 g/mol. The smallest absolute Gasteiger partial charge is 0.410 e. The highest BCUT2D eigenvalue weighted by Crippen LogP contribution is 2.41. The van der Waals surface area contributed by atoms with Crippen molar-refractivity contribution in [2.24, 2.45) is 17.8 Å². The fourth-order valence-corrected chi connectivity index (χ4v) is 7.75. The lowest BCUT2D eigenvalue weighted by Gasteiger charge is -2.42. The predicted molar refractivity (Wildman–Crippen MR) is 188 cm³/mol. The van der Waals surface area contributed by atoms with Crippen LogP contribution in [0.2, 0.25) is 5.82 Å². The van der Waals surface area contributed by atoms with E-state index < -0.39 is 41.6 Å². The lowest BCUT2D eigenvalue weighted by molar-refractivity contribution is -0.210. The van der Waals surface area contributed by atoms with Crippen molar-refractivity contribution in [2.45, 2.75) is 122 Å². The van der Waals surface area contributed by atoms with Gasteiger partial charge >= 0.3 is 6.09 Å². The van der Waals surface area contributed by atoms with E-state index in [-0.39, 0.29) is 29.5 Å². The van der Waals surface area contributed by atoms with Crippen LogP contribution in [0.4, 0.5) is 10.5 Å². The zero-order valence-corrected chi connectivity index (χ0v) is 30.3. The minimum Gasteiger partial charge on any atom is -0.438 e. The summed E-state index contributed by atoms with van der Waals surface area (Å²) >= 11 is 0. The van der Waals surface area contributed by atoms with Crippen LogP contribution >= 0.6 is 0 Å². The lowest BCUT2D eigenvalue weighted by Crippen LogP contribution is -2.61. The molecule has 4 rings (SSSR count). The molecule has 2 aromatic rings. The number of anilines is 1. The fourth-order valence-electron chi connectivity index (χ4n) is 7.75. The molecule has 1 aromatic heterocycles. The van der Waals surface area contributed by atoms with E-state index >= 15 is 0 Å². The molecule has 10 atom stereocenters. The Kier molecular flexibility index (Phi) is 12.4. The van der Waals surface area contributed by atoms with Crippen LogP contribution in [0, 0.1) is 17.8 Å². The van der Waals surface area contributed by atoms with Gasteiger partial charge in [0.05, 0.1) is 23.8 Å². The number of carbonyl (C=O) groups is 2. The number of methoxy groups -OCH3 is 1. The molecule has 4 N–H and O–H groups in total. The van der Waals surface area contributed by atoms with Gasteiger partial charge in [0.15, 0.2) is 11.9 Å². The SMILES string of the molecule is B[C@@H]1[C@H](C)C(=O)[C@@H](C)C(O)O[C@H](CC)[C@@]2(C)OC(=O)N(CCCCn3cc(-c4cccc(N)c4)nn3)[C@@H]2[C@@H](C)NC[C@H](C)C[C@@]1(C)OC. The number of nitrogens with one attached hydrogen (secondary N) is 1. The van der Waals surface area contributed by atoms with Crippen molar-refractivity contribution in [3.63, 3.8) is 0 Å². The Morgan fingerprint density at radius 3 is 2.52 bits per heavy atom. The first-order valence-corrected chi connectivity index (χ1v) is 17.6. The number of rotatable bonds is 8. The Morgan fingerprint density at radius 2 is 1.85 bits per heavy atom. The van der Waals surface area contributed by atoms with Gasteiger partial charge in [0.1, 0.15) is 25.4 Å². The first-order chi connectivity index (χ1) is 22.6. The number of nitrogens with two attached hydrogens (primary N) is 1. The van der Waals surface area contributed by atoms with Crippen molar-refractivity contribution in [1.82, 2.24) is 25.2 Å². The standard InChI is InChI=1S/C35H57BN6O6/c1-9-28-35(7)31(24(5)38-19-21(2)18-34(6,46-8)30(36)22(3)29(43)23(4)32(44)47-28)42(33(45)48-35)16-11-10-15-41-20-27(39-40-41)25-13-12-14-26(37)17-25/h12-14,17,20-24,28,30-32,38,44H,9-11,15-16,18-19,36-37H2,1-8H3/t21-,22-,23-,24-,28-,30-,31-,32?,34-,35-/m1/s1. The van der Waals surface area contributed by atoms with Crippen LogP contribution in [-0.4, -0.2) is 101 Å². The zero-order chi connectivity index (χ0) is 35.4. The van der Waals surface area contributed by atoms with Crippen molar-refractivity contribution in [1.29, 1.82) is 0 Å². The maximum Gasteiger partial charge on any atom is 0.410 e. The minimum atomic E-state index is -1.36. The first-order valence-electron chi connectivity index (χ1n) is 17.6. The van der Waals surface area contributed by atoms with E-state index in [0.717, 1.165) is 24.1 Å². The number of unbranched alkanes of at least 4 members (excludes halogenated alkanes) is 1. The number of ketones is 1. The number of aliphatic hydroxyl groups is 1. The molecular weight excluding hydrogens is 611 g/mol. The van der Waals surface area contributed by atoms with Gasteiger partial charge in [0.2, 0.25) is 0 Å². The number of nitrogens with zero attached hydrogens (tertiary/aromatic N) is 4. The van der Waals surface area contributed by atoms with E-state index in [2.05, 4.69) is 36.4 Å². The van der Waals surface area contributed by atoms with Crippen LogP contribution < -0.4 is 11.1 Å². The van der Waals surface area contributed by atoms with Gasteiger partial charge in [-0.2, -0.15) is 0 Å². The summed E-state index contributed by atoms with van der Waals surface area (Å²) in [4.78, 5) is 29.1. The number of fused-ring (bicyclic) bond motifs is 1. The molecule has 13 heteroatoms. The van der Waals surface area contributed by atoms with Crippen LogP contribution in [0.1, 0.15) is 74.1 Å². The van der Waals surface area contributed by atoms with Crippen LogP contribution in [0.3, 0.4) is 0 Å². The highest BCUT2D eigenvalue weighted by molar-refractivity contribution is 6.14. The number of ether oxygens (including phenoxy) is 3. The number of benzene rings is 1. The maximum atomic E-state index is 13.7. The summed E-state index contributed by atoms with van der Waals surface area (Å²) in [6, 6.07) is 7.00. The summed E-state index contributed by atoms with van der Waals surface area (Å²) in [6.45, 7) is 15.6. The van der Waals surface area contributed by atoms with E-state index in [4.69, 9.17) is 19.9 Å². The van der Waals surface area contributed by atoms with Gasteiger partial charge in [-0.15, -0.1) is 5.10 Å². The molecular formula is C35H57BN6O6. The number of aryl methyl sites for hydroxylation is 1. The molecule has 1 amide bonds. The predicted octanol–water partition coefficient (Wildman–Crippen LogP) is 3.69. The molecule has 0 aliphatic carbocycles. The van der Waals surface area contributed by atoms with E-state index in [9.17, 15) is 14.7 Å². The number of hydrogen-bond donors (Lipinski definition) is 3. The Labute approximate surface area is 286 Å². The van der Waals surface area contributed by atoms with Gasteiger partial charge in [0, 0.05) is 43.4 Å².